The van der Waals surface area contributed by atoms with E-state index in [9.17, 15) is 9.59 Å². The topological polar surface area (TPSA) is 63.4 Å². The van der Waals surface area contributed by atoms with Crippen molar-refractivity contribution in [1.82, 2.24) is 4.90 Å². The van der Waals surface area contributed by atoms with Gasteiger partial charge >= 0.3 is 0 Å². The number of carbonyl (C=O) groups excluding carboxylic acids is 2. The van der Waals surface area contributed by atoms with Crippen LogP contribution in [0.2, 0.25) is 0 Å². The minimum absolute atomic E-state index is 0.0670. The van der Waals surface area contributed by atoms with Crippen LogP contribution in [0.5, 0.6) is 0 Å². The lowest BCUT2D eigenvalue weighted by molar-refractivity contribution is -0.132. The first-order valence-electron chi connectivity index (χ1n) is 5.16. The molecule has 0 spiro atoms. The monoisotopic (exact) mass is 220 g/mol. The number of nitrogens with two attached hydrogens (primary N) is 1. The maximum atomic E-state index is 11.6. The Bertz CT molecular complexity index is 363. The van der Waals surface area contributed by atoms with Crippen molar-refractivity contribution in [2.24, 2.45) is 5.73 Å². The molecule has 0 aliphatic rings. The molecule has 0 saturated carbocycles. The van der Waals surface area contributed by atoms with Crippen LogP contribution in [0.4, 0.5) is 0 Å². The van der Waals surface area contributed by atoms with Crippen LogP contribution in [0.15, 0.2) is 30.3 Å². The zero-order valence-corrected chi connectivity index (χ0v) is 9.35. The molecule has 0 aliphatic heterocycles. The maximum Gasteiger partial charge on any atom is 0.223 e. The minimum Gasteiger partial charge on any atom is -0.370 e. The van der Waals surface area contributed by atoms with Crippen LogP contribution in [-0.4, -0.2) is 23.8 Å². The molecule has 0 aliphatic carbocycles. The predicted octanol–water partition coefficient (Wildman–Crippen LogP) is 0.910. The smallest absolute Gasteiger partial charge is 0.223 e. The molecule has 0 fully saturated rings. The summed E-state index contributed by atoms with van der Waals surface area (Å²) in [6.45, 7) is 0.554. The molecule has 0 atom stereocenters. The van der Waals surface area contributed by atoms with Crippen LogP contribution in [0, 0.1) is 0 Å². The summed E-state index contributed by atoms with van der Waals surface area (Å²) in [6.07, 6.45) is 0.288. The van der Waals surface area contributed by atoms with Gasteiger partial charge in [-0.15, -0.1) is 0 Å². The summed E-state index contributed by atoms with van der Waals surface area (Å²) in [5, 5.41) is 0. The lowest BCUT2D eigenvalue weighted by Gasteiger charge is -2.16. The summed E-state index contributed by atoms with van der Waals surface area (Å²) in [4.78, 5) is 23.7. The molecule has 0 bridgehead atoms. The van der Waals surface area contributed by atoms with Gasteiger partial charge in [-0.25, -0.2) is 0 Å². The third-order valence-electron chi connectivity index (χ3n) is 2.27. The summed E-state index contributed by atoms with van der Waals surface area (Å²) in [6, 6.07) is 9.70. The molecule has 0 unspecified atom stereocenters. The molecule has 1 aromatic rings. The molecular weight excluding hydrogens is 204 g/mol. The van der Waals surface area contributed by atoms with Crippen molar-refractivity contribution in [3.8, 4) is 0 Å². The molecule has 16 heavy (non-hydrogen) atoms. The Morgan fingerprint density at radius 2 is 1.81 bits per heavy atom. The first-order chi connectivity index (χ1) is 7.59. The number of hydrogen-bond acceptors (Lipinski definition) is 2. The van der Waals surface area contributed by atoms with Crippen LogP contribution in [0.25, 0.3) is 0 Å². The first-order valence-corrected chi connectivity index (χ1v) is 5.16. The second kappa shape index (κ2) is 5.90. The van der Waals surface area contributed by atoms with Crippen molar-refractivity contribution in [1.29, 1.82) is 0 Å². The highest BCUT2D eigenvalue weighted by atomic mass is 16.2. The Kier molecular flexibility index (Phi) is 4.51. The third-order valence-corrected chi connectivity index (χ3v) is 2.27. The third kappa shape index (κ3) is 4.13. The van der Waals surface area contributed by atoms with Gasteiger partial charge in [-0.3, -0.25) is 9.59 Å². The molecule has 2 N–H and O–H groups in total. The van der Waals surface area contributed by atoms with E-state index in [0.29, 0.717) is 6.54 Å². The summed E-state index contributed by atoms with van der Waals surface area (Å²) < 4.78 is 0. The van der Waals surface area contributed by atoms with E-state index in [-0.39, 0.29) is 18.7 Å². The predicted molar refractivity (Wildman–Crippen MR) is 61.3 cm³/mol. The van der Waals surface area contributed by atoms with E-state index in [4.69, 9.17) is 5.73 Å². The van der Waals surface area contributed by atoms with Gasteiger partial charge in [-0.2, -0.15) is 0 Å². The number of primary amides is 1. The summed E-state index contributed by atoms with van der Waals surface area (Å²) >= 11 is 0. The van der Waals surface area contributed by atoms with Crippen molar-refractivity contribution >= 4 is 11.8 Å². The lowest BCUT2D eigenvalue weighted by atomic mass is 10.2. The molecule has 4 nitrogen and oxygen atoms in total. The average Bonchev–Trinajstić information content (AvgIpc) is 2.27. The lowest BCUT2D eigenvalue weighted by Crippen LogP contribution is -2.27. The number of benzene rings is 1. The van der Waals surface area contributed by atoms with Gasteiger partial charge in [0.25, 0.3) is 0 Å². The molecule has 2 amide bonds. The highest BCUT2D eigenvalue weighted by Crippen LogP contribution is 2.04. The largest absolute Gasteiger partial charge is 0.370 e. The van der Waals surface area contributed by atoms with Gasteiger partial charge in [-0.1, -0.05) is 30.3 Å². The number of rotatable bonds is 5. The number of hydrogen-bond donors (Lipinski definition) is 1. The van der Waals surface area contributed by atoms with Crippen LogP contribution < -0.4 is 5.73 Å². The highest BCUT2D eigenvalue weighted by Gasteiger charge is 2.09. The first kappa shape index (κ1) is 12.2. The number of carbonyl (C=O) groups is 2. The molecule has 0 saturated heterocycles. The SMILES string of the molecule is CN(Cc1ccccc1)C(=O)CCC(N)=O. The minimum atomic E-state index is -0.443. The van der Waals surface area contributed by atoms with Crippen LogP contribution in [0.3, 0.4) is 0 Å². The Hall–Kier alpha value is -1.84. The fourth-order valence-corrected chi connectivity index (χ4v) is 1.37. The van der Waals surface area contributed by atoms with E-state index in [1.807, 2.05) is 30.3 Å². The van der Waals surface area contributed by atoms with Gasteiger partial charge in [0.1, 0.15) is 0 Å². The molecule has 1 rings (SSSR count). The Morgan fingerprint density at radius 3 is 2.38 bits per heavy atom. The summed E-state index contributed by atoms with van der Waals surface area (Å²) in [7, 11) is 1.72. The fourth-order valence-electron chi connectivity index (χ4n) is 1.37. The van der Waals surface area contributed by atoms with E-state index in [1.165, 1.54) is 0 Å². The molecule has 0 aromatic heterocycles. The van der Waals surface area contributed by atoms with Crippen molar-refractivity contribution in [3.05, 3.63) is 35.9 Å². The zero-order valence-electron chi connectivity index (χ0n) is 9.35. The van der Waals surface area contributed by atoms with Crippen molar-refractivity contribution in [2.75, 3.05) is 7.05 Å². The van der Waals surface area contributed by atoms with Crippen molar-refractivity contribution in [2.45, 2.75) is 19.4 Å². The second-order valence-electron chi connectivity index (χ2n) is 3.70. The van der Waals surface area contributed by atoms with Gasteiger partial charge in [-0.05, 0) is 5.56 Å². The highest BCUT2D eigenvalue weighted by molar-refractivity contribution is 5.82. The molecule has 0 radical (unpaired) electrons. The van der Waals surface area contributed by atoms with Gasteiger partial charge in [0.2, 0.25) is 11.8 Å². The molecule has 4 heteroatoms. The molecular formula is C12H16N2O2. The second-order valence-corrected chi connectivity index (χ2v) is 3.70. The van der Waals surface area contributed by atoms with Crippen LogP contribution >= 0.6 is 0 Å². The van der Waals surface area contributed by atoms with E-state index < -0.39 is 5.91 Å². The quantitative estimate of drug-likeness (QED) is 0.801. The van der Waals surface area contributed by atoms with E-state index >= 15 is 0 Å². The van der Waals surface area contributed by atoms with Crippen LogP contribution in [-0.2, 0) is 16.1 Å². The Morgan fingerprint density at radius 1 is 1.19 bits per heavy atom. The molecule has 1 aromatic carbocycles. The average molecular weight is 220 g/mol. The van der Waals surface area contributed by atoms with Crippen molar-refractivity contribution < 1.29 is 9.59 Å². The Labute approximate surface area is 95.0 Å². The Balaban J connectivity index is 2.43. The van der Waals surface area contributed by atoms with Gasteiger partial charge in [0.05, 0.1) is 0 Å². The molecule has 0 heterocycles. The van der Waals surface area contributed by atoms with Crippen molar-refractivity contribution in [3.63, 3.8) is 0 Å². The standard InChI is InChI=1S/C12H16N2O2/c1-14(12(16)8-7-11(13)15)9-10-5-3-2-4-6-10/h2-6H,7-9H2,1H3,(H2,13,15). The van der Waals surface area contributed by atoms with Crippen LogP contribution in [0.1, 0.15) is 18.4 Å². The molecule has 86 valence electrons. The summed E-state index contributed by atoms with van der Waals surface area (Å²) in [5.41, 5.74) is 6.05. The normalized spacial score (nSPS) is 9.81. The van der Waals surface area contributed by atoms with Gasteiger partial charge < -0.3 is 10.6 Å². The van der Waals surface area contributed by atoms with E-state index in [1.54, 1.807) is 11.9 Å². The van der Waals surface area contributed by atoms with E-state index in [2.05, 4.69) is 0 Å². The number of nitrogens with zero attached hydrogens (tertiary/aromatic N) is 1. The van der Waals surface area contributed by atoms with Gasteiger partial charge in [0.15, 0.2) is 0 Å². The zero-order chi connectivity index (χ0) is 12.0. The number of amides is 2. The fraction of sp³-hybridized carbons (Fsp3) is 0.333. The van der Waals surface area contributed by atoms with E-state index in [0.717, 1.165) is 5.56 Å². The van der Waals surface area contributed by atoms with Gasteiger partial charge in [0, 0.05) is 26.4 Å². The summed E-state index contributed by atoms with van der Waals surface area (Å²) in [5.74, 6) is -0.510. The maximum absolute atomic E-state index is 11.6.